The van der Waals surface area contributed by atoms with Crippen molar-refractivity contribution in [1.82, 2.24) is 15.5 Å². The Labute approximate surface area is 145 Å². The zero-order chi connectivity index (χ0) is 17.6. The molecule has 1 aliphatic heterocycles. The Balaban J connectivity index is 1.79. The highest BCUT2D eigenvalue weighted by Crippen LogP contribution is 2.25. The van der Waals surface area contributed by atoms with E-state index in [-0.39, 0.29) is 17.4 Å². The molecule has 0 radical (unpaired) electrons. The van der Waals surface area contributed by atoms with Crippen LogP contribution in [0, 0.1) is 5.41 Å². The third-order valence-corrected chi connectivity index (χ3v) is 4.77. The van der Waals surface area contributed by atoms with E-state index in [1.807, 2.05) is 12.1 Å². The third kappa shape index (κ3) is 4.95. The molecule has 24 heavy (non-hydrogen) atoms. The predicted molar refractivity (Wildman–Crippen MR) is 97.1 cm³/mol. The molecular weight excluding hydrogens is 302 g/mol. The lowest BCUT2D eigenvalue weighted by molar-refractivity contribution is -0.121. The van der Waals surface area contributed by atoms with E-state index in [0.717, 1.165) is 37.5 Å². The molecular formula is C19H31N3O2. The van der Waals surface area contributed by atoms with Gasteiger partial charge in [-0.2, -0.15) is 0 Å². The molecule has 134 valence electrons. The summed E-state index contributed by atoms with van der Waals surface area (Å²) >= 11 is 0. The standard InChI is InChI=1S/C19H31N3O2/c1-5-22(6-2)11-12-24-16-9-7-15(8-10-16)13-20-17-18(23)21-14-19(17,3)4/h7-10,17,20H,5-6,11-14H2,1-4H3,(H,21,23). The van der Waals surface area contributed by atoms with Gasteiger partial charge in [-0.05, 0) is 30.8 Å². The first-order valence-electron chi connectivity index (χ1n) is 8.91. The van der Waals surface area contributed by atoms with Crippen molar-refractivity contribution in [3.05, 3.63) is 29.8 Å². The molecule has 1 aromatic carbocycles. The number of rotatable bonds is 9. The average Bonchev–Trinajstić information content (AvgIpc) is 2.84. The van der Waals surface area contributed by atoms with Gasteiger partial charge < -0.3 is 20.3 Å². The maximum absolute atomic E-state index is 11.9. The Morgan fingerprint density at radius 2 is 1.92 bits per heavy atom. The quantitative estimate of drug-likeness (QED) is 0.726. The van der Waals surface area contributed by atoms with Crippen LogP contribution in [0.2, 0.25) is 0 Å². The van der Waals surface area contributed by atoms with Crippen molar-refractivity contribution in [2.24, 2.45) is 5.41 Å². The molecule has 2 N–H and O–H groups in total. The summed E-state index contributed by atoms with van der Waals surface area (Å²) in [5.41, 5.74) is 1.10. The number of likely N-dealkylation sites (N-methyl/N-ethyl adjacent to an activating group) is 1. The first kappa shape index (κ1) is 18.7. The molecule has 1 saturated heterocycles. The fourth-order valence-corrected chi connectivity index (χ4v) is 3.00. The van der Waals surface area contributed by atoms with Gasteiger partial charge in [0, 0.05) is 25.0 Å². The summed E-state index contributed by atoms with van der Waals surface area (Å²) in [7, 11) is 0. The van der Waals surface area contributed by atoms with Gasteiger partial charge >= 0.3 is 0 Å². The SMILES string of the molecule is CCN(CC)CCOc1ccc(CNC2C(=O)NCC2(C)C)cc1. The van der Waals surface area contributed by atoms with Gasteiger partial charge in [-0.25, -0.2) is 0 Å². The fourth-order valence-electron chi connectivity index (χ4n) is 3.00. The van der Waals surface area contributed by atoms with Crippen LogP contribution >= 0.6 is 0 Å². The fraction of sp³-hybridized carbons (Fsp3) is 0.632. The van der Waals surface area contributed by atoms with Crippen LogP contribution in [-0.2, 0) is 11.3 Å². The molecule has 0 aliphatic carbocycles. The highest BCUT2D eigenvalue weighted by Gasteiger charge is 2.40. The van der Waals surface area contributed by atoms with Crippen molar-refractivity contribution >= 4 is 5.91 Å². The van der Waals surface area contributed by atoms with E-state index in [2.05, 4.69) is 55.4 Å². The van der Waals surface area contributed by atoms with E-state index < -0.39 is 0 Å². The van der Waals surface area contributed by atoms with Gasteiger partial charge in [-0.15, -0.1) is 0 Å². The van der Waals surface area contributed by atoms with Crippen molar-refractivity contribution in [1.29, 1.82) is 0 Å². The zero-order valence-electron chi connectivity index (χ0n) is 15.4. The van der Waals surface area contributed by atoms with Crippen molar-refractivity contribution in [2.75, 3.05) is 32.8 Å². The monoisotopic (exact) mass is 333 g/mol. The second-order valence-corrected chi connectivity index (χ2v) is 7.04. The van der Waals surface area contributed by atoms with Crippen molar-refractivity contribution in [2.45, 2.75) is 40.3 Å². The highest BCUT2D eigenvalue weighted by molar-refractivity contribution is 5.85. The number of carbonyl (C=O) groups is 1. The van der Waals surface area contributed by atoms with Crippen LogP contribution < -0.4 is 15.4 Å². The van der Waals surface area contributed by atoms with Crippen LogP contribution in [0.4, 0.5) is 0 Å². The molecule has 1 fully saturated rings. The van der Waals surface area contributed by atoms with Gasteiger partial charge in [0.05, 0.1) is 6.04 Å². The molecule has 1 unspecified atom stereocenters. The number of carbonyl (C=O) groups excluding carboxylic acids is 1. The Morgan fingerprint density at radius 1 is 1.25 bits per heavy atom. The smallest absolute Gasteiger partial charge is 0.237 e. The van der Waals surface area contributed by atoms with Gasteiger partial charge in [0.1, 0.15) is 12.4 Å². The number of ether oxygens (including phenoxy) is 1. The number of hydrogen-bond donors (Lipinski definition) is 2. The van der Waals surface area contributed by atoms with E-state index in [4.69, 9.17) is 4.74 Å². The Hall–Kier alpha value is -1.59. The lowest BCUT2D eigenvalue weighted by Crippen LogP contribution is -2.43. The molecule has 1 atom stereocenters. The molecule has 1 aromatic rings. The summed E-state index contributed by atoms with van der Waals surface area (Å²) in [6.45, 7) is 13.7. The maximum atomic E-state index is 11.9. The van der Waals surface area contributed by atoms with E-state index in [1.165, 1.54) is 0 Å². The van der Waals surface area contributed by atoms with E-state index >= 15 is 0 Å². The van der Waals surface area contributed by atoms with Crippen molar-refractivity contribution in [3.8, 4) is 5.75 Å². The minimum absolute atomic E-state index is 0.0510. The maximum Gasteiger partial charge on any atom is 0.237 e. The Kier molecular flexibility index (Phi) is 6.63. The van der Waals surface area contributed by atoms with Crippen LogP contribution in [0.3, 0.4) is 0 Å². The van der Waals surface area contributed by atoms with Crippen LogP contribution in [0.5, 0.6) is 5.75 Å². The molecule has 2 rings (SSSR count). The second-order valence-electron chi connectivity index (χ2n) is 7.04. The van der Waals surface area contributed by atoms with Crippen LogP contribution in [0.25, 0.3) is 0 Å². The molecule has 1 amide bonds. The summed E-state index contributed by atoms with van der Waals surface area (Å²) in [6, 6.07) is 7.97. The Morgan fingerprint density at radius 3 is 2.46 bits per heavy atom. The van der Waals surface area contributed by atoms with Crippen LogP contribution in [-0.4, -0.2) is 49.6 Å². The molecule has 0 saturated carbocycles. The zero-order valence-corrected chi connectivity index (χ0v) is 15.4. The minimum Gasteiger partial charge on any atom is -0.492 e. The molecule has 1 aliphatic rings. The first-order valence-corrected chi connectivity index (χ1v) is 8.91. The molecule has 1 heterocycles. The van der Waals surface area contributed by atoms with Crippen LogP contribution in [0.1, 0.15) is 33.3 Å². The van der Waals surface area contributed by atoms with Gasteiger partial charge in [-0.1, -0.05) is 39.8 Å². The van der Waals surface area contributed by atoms with Gasteiger partial charge in [0.25, 0.3) is 0 Å². The Bertz CT molecular complexity index is 524. The molecule has 5 nitrogen and oxygen atoms in total. The largest absolute Gasteiger partial charge is 0.492 e. The van der Waals surface area contributed by atoms with Gasteiger partial charge in [-0.3, -0.25) is 4.79 Å². The molecule has 5 heteroatoms. The summed E-state index contributed by atoms with van der Waals surface area (Å²) in [5.74, 6) is 0.987. The molecule has 0 spiro atoms. The summed E-state index contributed by atoms with van der Waals surface area (Å²) < 4.78 is 5.80. The van der Waals surface area contributed by atoms with E-state index in [1.54, 1.807) is 0 Å². The van der Waals surface area contributed by atoms with Gasteiger partial charge in [0.2, 0.25) is 5.91 Å². The third-order valence-electron chi connectivity index (χ3n) is 4.77. The van der Waals surface area contributed by atoms with E-state index in [9.17, 15) is 4.79 Å². The number of benzene rings is 1. The summed E-state index contributed by atoms with van der Waals surface area (Å²) in [6.07, 6.45) is 0. The highest BCUT2D eigenvalue weighted by atomic mass is 16.5. The normalized spacial score (nSPS) is 19.5. The van der Waals surface area contributed by atoms with Crippen molar-refractivity contribution < 1.29 is 9.53 Å². The summed E-state index contributed by atoms with van der Waals surface area (Å²) in [4.78, 5) is 14.2. The van der Waals surface area contributed by atoms with Crippen LogP contribution in [0.15, 0.2) is 24.3 Å². The average molecular weight is 333 g/mol. The lowest BCUT2D eigenvalue weighted by atomic mass is 9.87. The predicted octanol–water partition coefficient (Wildman–Crippen LogP) is 2.02. The number of nitrogens with zero attached hydrogens (tertiary/aromatic N) is 1. The first-order chi connectivity index (χ1) is 11.5. The number of nitrogens with one attached hydrogen (secondary N) is 2. The van der Waals surface area contributed by atoms with Gasteiger partial charge in [0.15, 0.2) is 0 Å². The van der Waals surface area contributed by atoms with Crippen molar-refractivity contribution in [3.63, 3.8) is 0 Å². The topological polar surface area (TPSA) is 53.6 Å². The lowest BCUT2D eigenvalue weighted by Gasteiger charge is -2.24. The number of amides is 1. The number of hydrogen-bond acceptors (Lipinski definition) is 4. The molecule has 0 bridgehead atoms. The summed E-state index contributed by atoms with van der Waals surface area (Å²) in [5, 5.41) is 6.29. The molecule has 0 aromatic heterocycles. The van der Waals surface area contributed by atoms with E-state index in [0.29, 0.717) is 13.2 Å². The second kappa shape index (κ2) is 8.49. The minimum atomic E-state index is -0.137.